The normalized spacial score (nSPS) is 14.7. The lowest BCUT2D eigenvalue weighted by atomic mass is 9.91. The third kappa shape index (κ3) is 3.55. The first-order valence-corrected chi connectivity index (χ1v) is 8.62. The predicted octanol–water partition coefficient (Wildman–Crippen LogP) is 2.44. The zero-order chi connectivity index (χ0) is 16.2. The maximum atomic E-state index is 12.4. The molecular formula is C17H22N2O2S. The standard InChI is InChI=1S/C17H22N2O2S/c1-17(19(2)3,15-10-6-4-7-11-15)14-18-22(20,21)16-12-8-5-9-13-16/h4-13,18H,14H2,1-3H3/t17-/m0/s1. The average molecular weight is 318 g/mol. The van der Waals surface area contributed by atoms with Crippen molar-refractivity contribution in [3.8, 4) is 0 Å². The van der Waals surface area contributed by atoms with Crippen LogP contribution in [0.1, 0.15) is 12.5 Å². The van der Waals surface area contributed by atoms with Gasteiger partial charge in [-0.15, -0.1) is 0 Å². The minimum Gasteiger partial charge on any atom is -0.299 e. The SMILES string of the molecule is CN(C)[C@@](C)(CNS(=O)(=O)c1ccccc1)c1ccccc1. The molecule has 0 amide bonds. The highest BCUT2D eigenvalue weighted by molar-refractivity contribution is 7.89. The van der Waals surface area contributed by atoms with Crippen LogP contribution in [-0.2, 0) is 15.6 Å². The number of hydrogen-bond acceptors (Lipinski definition) is 3. The van der Waals surface area contributed by atoms with Gasteiger partial charge in [-0.3, -0.25) is 4.90 Å². The summed E-state index contributed by atoms with van der Waals surface area (Å²) in [6.07, 6.45) is 0. The van der Waals surface area contributed by atoms with Crippen molar-refractivity contribution in [1.29, 1.82) is 0 Å². The molecule has 0 unspecified atom stereocenters. The fraction of sp³-hybridized carbons (Fsp3) is 0.294. The first-order chi connectivity index (χ1) is 10.4. The fourth-order valence-corrected chi connectivity index (χ4v) is 3.39. The van der Waals surface area contributed by atoms with Gasteiger partial charge in [0.15, 0.2) is 0 Å². The molecule has 5 heteroatoms. The molecule has 2 aromatic rings. The van der Waals surface area contributed by atoms with E-state index in [4.69, 9.17) is 0 Å². The van der Waals surface area contributed by atoms with Crippen molar-refractivity contribution >= 4 is 10.0 Å². The van der Waals surface area contributed by atoms with Crippen LogP contribution in [0.15, 0.2) is 65.6 Å². The fourth-order valence-electron chi connectivity index (χ4n) is 2.23. The zero-order valence-electron chi connectivity index (χ0n) is 13.2. The maximum absolute atomic E-state index is 12.4. The number of benzene rings is 2. The van der Waals surface area contributed by atoms with Crippen molar-refractivity contribution in [3.63, 3.8) is 0 Å². The van der Waals surface area contributed by atoms with Gasteiger partial charge >= 0.3 is 0 Å². The van der Waals surface area contributed by atoms with Crippen LogP contribution in [0.3, 0.4) is 0 Å². The van der Waals surface area contributed by atoms with E-state index in [-0.39, 0.29) is 4.90 Å². The van der Waals surface area contributed by atoms with Gasteiger partial charge < -0.3 is 0 Å². The second-order valence-corrected chi connectivity index (χ2v) is 7.44. The van der Waals surface area contributed by atoms with Crippen LogP contribution in [-0.4, -0.2) is 34.0 Å². The lowest BCUT2D eigenvalue weighted by molar-refractivity contribution is 0.177. The summed E-state index contributed by atoms with van der Waals surface area (Å²) in [5, 5.41) is 0. The molecule has 1 N–H and O–H groups in total. The molecule has 0 heterocycles. The van der Waals surface area contributed by atoms with Crippen LogP contribution in [0.25, 0.3) is 0 Å². The van der Waals surface area contributed by atoms with E-state index < -0.39 is 15.6 Å². The molecule has 4 nitrogen and oxygen atoms in total. The van der Waals surface area contributed by atoms with Crippen LogP contribution in [0.5, 0.6) is 0 Å². The highest BCUT2D eigenvalue weighted by Gasteiger charge is 2.30. The van der Waals surface area contributed by atoms with Gasteiger partial charge in [0.05, 0.1) is 10.4 Å². The largest absolute Gasteiger partial charge is 0.299 e. The van der Waals surface area contributed by atoms with E-state index in [1.54, 1.807) is 30.3 Å². The number of likely N-dealkylation sites (N-methyl/N-ethyl adjacent to an activating group) is 1. The molecule has 22 heavy (non-hydrogen) atoms. The molecule has 1 atom stereocenters. The van der Waals surface area contributed by atoms with E-state index in [1.807, 2.05) is 56.3 Å². The molecule has 0 aromatic heterocycles. The third-order valence-corrected chi connectivity index (χ3v) is 5.46. The molecule has 0 aliphatic heterocycles. The van der Waals surface area contributed by atoms with Crippen molar-refractivity contribution in [2.24, 2.45) is 0 Å². The minimum atomic E-state index is -3.51. The summed E-state index contributed by atoms with van der Waals surface area (Å²) in [6, 6.07) is 18.3. The Balaban J connectivity index is 2.24. The molecule has 2 aromatic carbocycles. The number of rotatable bonds is 6. The van der Waals surface area contributed by atoms with Gasteiger partial charge in [-0.25, -0.2) is 13.1 Å². The number of sulfonamides is 1. The van der Waals surface area contributed by atoms with E-state index in [0.717, 1.165) is 5.56 Å². The molecule has 0 aliphatic carbocycles. The highest BCUT2D eigenvalue weighted by atomic mass is 32.2. The summed E-state index contributed by atoms with van der Waals surface area (Å²) in [5.41, 5.74) is 0.638. The number of nitrogens with one attached hydrogen (secondary N) is 1. The summed E-state index contributed by atoms with van der Waals surface area (Å²) >= 11 is 0. The van der Waals surface area contributed by atoms with Crippen LogP contribution in [0.2, 0.25) is 0 Å². The van der Waals surface area contributed by atoms with Crippen molar-refractivity contribution in [1.82, 2.24) is 9.62 Å². The highest BCUT2D eigenvalue weighted by Crippen LogP contribution is 2.25. The summed E-state index contributed by atoms with van der Waals surface area (Å²) < 4.78 is 27.5. The van der Waals surface area contributed by atoms with Gasteiger partial charge in [-0.2, -0.15) is 0 Å². The van der Waals surface area contributed by atoms with Gasteiger partial charge in [-0.05, 0) is 38.7 Å². The van der Waals surface area contributed by atoms with E-state index >= 15 is 0 Å². The molecule has 0 fully saturated rings. The van der Waals surface area contributed by atoms with Crippen molar-refractivity contribution in [2.75, 3.05) is 20.6 Å². The third-order valence-electron chi connectivity index (χ3n) is 4.04. The van der Waals surface area contributed by atoms with Gasteiger partial charge in [0.25, 0.3) is 0 Å². The first-order valence-electron chi connectivity index (χ1n) is 7.14. The Labute approximate surface area is 132 Å². The number of hydrogen-bond donors (Lipinski definition) is 1. The smallest absolute Gasteiger partial charge is 0.240 e. The van der Waals surface area contributed by atoms with Crippen LogP contribution >= 0.6 is 0 Å². The topological polar surface area (TPSA) is 49.4 Å². The van der Waals surface area contributed by atoms with Crippen molar-refractivity contribution < 1.29 is 8.42 Å². The first kappa shape index (κ1) is 16.7. The zero-order valence-corrected chi connectivity index (χ0v) is 14.0. The van der Waals surface area contributed by atoms with Gasteiger partial charge in [0.2, 0.25) is 10.0 Å². The Morgan fingerprint density at radius 2 is 1.45 bits per heavy atom. The molecule has 118 valence electrons. The van der Waals surface area contributed by atoms with Gasteiger partial charge in [-0.1, -0.05) is 48.5 Å². The summed E-state index contributed by atoms with van der Waals surface area (Å²) in [7, 11) is 0.385. The maximum Gasteiger partial charge on any atom is 0.240 e. The molecule has 0 aliphatic rings. The lowest BCUT2D eigenvalue weighted by Gasteiger charge is -2.37. The van der Waals surface area contributed by atoms with Gasteiger partial charge in [0, 0.05) is 6.54 Å². The molecule has 2 rings (SSSR count). The quantitative estimate of drug-likeness (QED) is 0.890. The monoisotopic (exact) mass is 318 g/mol. The van der Waals surface area contributed by atoms with Gasteiger partial charge in [0.1, 0.15) is 0 Å². The second-order valence-electron chi connectivity index (χ2n) is 5.67. The van der Waals surface area contributed by atoms with Crippen LogP contribution in [0, 0.1) is 0 Å². The van der Waals surface area contributed by atoms with Crippen LogP contribution in [0.4, 0.5) is 0 Å². The lowest BCUT2D eigenvalue weighted by Crippen LogP contribution is -2.48. The summed E-state index contributed by atoms with van der Waals surface area (Å²) in [5.74, 6) is 0. The average Bonchev–Trinajstić information content (AvgIpc) is 2.54. The molecular weight excluding hydrogens is 296 g/mol. The summed E-state index contributed by atoms with van der Waals surface area (Å²) in [4.78, 5) is 2.31. The molecule has 0 radical (unpaired) electrons. The molecule has 0 spiro atoms. The second kappa shape index (κ2) is 6.60. The minimum absolute atomic E-state index is 0.282. The van der Waals surface area contributed by atoms with E-state index in [9.17, 15) is 8.42 Å². The van der Waals surface area contributed by atoms with E-state index in [0.29, 0.717) is 6.54 Å². The summed E-state index contributed by atoms with van der Waals surface area (Å²) in [6.45, 7) is 2.32. The van der Waals surface area contributed by atoms with E-state index in [1.165, 1.54) is 0 Å². The molecule has 0 saturated heterocycles. The Morgan fingerprint density at radius 1 is 0.955 bits per heavy atom. The van der Waals surface area contributed by atoms with Crippen LogP contribution < -0.4 is 4.72 Å². The Hall–Kier alpha value is -1.69. The van der Waals surface area contributed by atoms with E-state index in [2.05, 4.69) is 4.72 Å². The Morgan fingerprint density at radius 3 is 1.95 bits per heavy atom. The Kier molecular flexibility index (Phi) is 5.01. The molecule has 0 saturated carbocycles. The number of nitrogens with zero attached hydrogens (tertiary/aromatic N) is 1. The predicted molar refractivity (Wildman–Crippen MR) is 89.1 cm³/mol. The van der Waals surface area contributed by atoms with Crippen molar-refractivity contribution in [2.45, 2.75) is 17.4 Å². The van der Waals surface area contributed by atoms with Crippen molar-refractivity contribution in [3.05, 3.63) is 66.2 Å². The molecule has 0 bridgehead atoms. The Bertz CT molecular complexity index is 700.